The summed E-state index contributed by atoms with van der Waals surface area (Å²) >= 11 is 0. The first-order valence-corrected chi connectivity index (χ1v) is 9.93. The third kappa shape index (κ3) is 4.00. The predicted octanol–water partition coefficient (Wildman–Crippen LogP) is 2.56. The molecule has 2 amide bonds. The Morgan fingerprint density at radius 1 is 1.19 bits per heavy atom. The molecule has 27 heavy (non-hydrogen) atoms. The monoisotopic (exact) mass is 367 g/mol. The molecule has 2 aliphatic heterocycles. The van der Waals surface area contributed by atoms with Crippen molar-refractivity contribution in [3.05, 3.63) is 53.3 Å². The van der Waals surface area contributed by atoms with E-state index in [9.17, 15) is 4.79 Å². The third-order valence-electron chi connectivity index (χ3n) is 5.79. The van der Waals surface area contributed by atoms with Crippen LogP contribution in [0.25, 0.3) is 0 Å². The van der Waals surface area contributed by atoms with E-state index in [1.165, 1.54) is 17.7 Å². The molecule has 0 unspecified atom stereocenters. The molecule has 0 aliphatic carbocycles. The number of aryl methyl sites for hydroxylation is 2. The van der Waals surface area contributed by atoms with Gasteiger partial charge in [-0.25, -0.2) is 4.79 Å². The van der Waals surface area contributed by atoms with Crippen molar-refractivity contribution in [1.82, 2.24) is 24.9 Å². The lowest BCUT2D eigenvalue weighted by Crippen LogP contribution is -2.55. The van der Waals surface area contributed by atoms with Crippen LogP contribution in [-0.2, 0) is 0 Å². The van der Waals surface area contributed by atoms with Crippen LogP contribution < -0.4 is 5.32 Å². The van der Waals surface area contributed by atoms with Crippen molar-refractivity contribution in [2.45, 2.75) is 32.2 Å². The molecule has 6 heteroatoms. The summed E-state index contributed by atoms with van der Waals surface area (Å²) in [5.74, 6) is 0.624. The molecule has 1 aromatic heterocycles. The highest BCUT2D eigenvalue weighted by Crippen LogP contribution is 2.26. The summed E-state index contributed by atoms with van der Waals surface area (Å²) in [6.45, 7) is 9.39. The van der Waals surface area contributed by atoms with E-state index in [0.717, 1.165) is 38.4 Å². The van der Waals surface area contributed by atoms with Gasteiger partial charge in [0.15, 0.2) is 0 Å². The Bertz CT molecular complexity index is 781. The zero-order valence-corrected chi connectivity index (χ0v) is 16.3. The van der Waals surface area contributed by atoms with Crippen LogP contribution in [0, 0.1) is 13.8 Å². The second-order valence-corrected chi connectivity index (χ2v) is 7.86. The van der Waals surface area contributed by atoms with Gasteiger partial charge in [0.25, 0.3) is 0 Å². The van der Waals surface area contributed by atoms with E-state index < -0.39 is 0 Å². The lowest BCUT2D eigenvalue weighted by molar-refractivity contribution is 0.116. The highest BCUT2D eigenvalue weighted by Gasteiger charge is 2.33. The average Bonchev–Trinajstić information content (AvgIpc) is 3.21. The van der Waals surface area contributed by atoms with Crippen LogP contribution in [0.2, 0.25) is 0 Å². The van der Waals surface area contributed by atoms with Crippen LogP contribution in [0.1, 0.15) is 35.3 Å². The summed E-state index contributed by atoms with van der Waals surface area (Å²) in [4.78, 5) is 16.6. The van der Waals surface area contributed by atoms with E-state index in [2.05, 4.69) is 58.6 Å². The minimum absolute atomic E-state index is 0.0478. The van der Waals surface area contributed by atoms with E-state index in [1.807, 2.05) is 16.5 Å². The minimum Gasteiger partial charge on any atom is -0.337 e. The Hall–Kier alpha value is -2.34. The van der Waals surface area contributed by atoms with Crippen molar-refractivity contribution in [1.29, 1.82) is 0 Å². The first-order valence-electron chi connectivity index (χ1n) is 9.93. The van der Waals surface area contributed by atoms with Crippen molar-refractivity contribution < 1.29 is 4.79 Å². The number of hydrogen-bond donors (Lipinski definition) is 1. The SMILES string of the molecule is Cc1cc(C)n(C2CN(C(=O)NCCN3CC[C@@H](c4ccccc4)C3)C2)n1. The van der Waals surface area contributed by atoms with E-state index in [4.69, 9.17) is 0 Å². The molecule has 0 spiro atoms. The maximum absolute atomic E-state index is 12.3. The standard InChI is InChI=1S/C21H29N5O/c1-16-12-17(2)26(23-16)20-14-25(15-20)21(27)22-9-11-24-10-8-19(13-24)18-6-4-3-5-7-18/h3-7,12,19-20H,8-11,13-15H2,1-2H3,(H,22,27)/t19-/m1/s1. The third-order valence-corrected chi connectivity index (χ3v) is 5.79. The number of carbonyl (C=O) groups excluding carboxylic acids is 1. The van der Waals surface area contributed by atoms with Crippen LogP contribution in [0.15, 0.2) is 36.4 Å². The summed E-state index contributed by atoms with van der Waals surface area (Å²) < 4.78 is 2.05. The van der Waals surface area contributed by atoms with Gasteiger partial charge >= 0.3 is 6.03 Å². The molecule has 3 heterocycles. The molecule has 2 saturated heterocycles. The molecule has 1 N–H and O–H groups in total. The molecule has 0 saturated carbocycles. The van der Waals surface area contributed by atoms with E-state index in [1.54, 1.807) is 0 Å². The molecule has 0 radical (unpaired) electrons. The number of nitrogens with zero attached hydrogens (tertiary/aromatic N) is 4. The fourth-order valence-electron chi connectivity index (χ4n) is 4.26. The summed E-state index contributed by atoms with van der Waals surface area (Å²) in [5, 5.41) is 7.60. The van der Waals surface area contributed by atoms with E-state index in [0.29, 0.717) is 18.5 Å². The molecule has 2 aromatic rings. The van der Waals surface area contributed by atoms with E-state index >= 15 is 0 Å². The predicted molar refractivity (Wildman–Crippen MR) is 106 cm³/mol. The molecule has 4 rings (SSSR count). The van der Waals surface area contributed by atoms with Crippen LogP contribution in [0.5, 0.6) is 0 Å². The summed E-state index contributed by atoms with van der Waals surface area (Å²) in [5.41, 5.74) is 3.63. The molecule has 144 valence electrons. The van der Waals surface area contributed by atoms with Crippen LogP contribution >= 0.6 is 0 Å². The van der Waals surface area contributed by atoms with Crippen molar-refractivity contribution in [2.75, 3.05) is 39.3 Å². The number of rotatable bonds is 5. The first kappa shape index (κ1) is 18.0. The molecule has 2 aliphatic rings. The van der Waals surface area contributed by atoms with Gasteiger partial charge in [-0.1, -0.05) is 30.3 Å². The second-order valence-electron chi connectivity index (χ2n) is 7.86. The Balaban J connectivity index is 1.16. The highest BCUT2D eigenvalue weighted by atomic mass is 16.2. The Morgan fingerprint density at radius 3 is 2.67 bits per heavy atom. The Morgan fingerprint density at radius 2 is 1.96 bits per heavy atom. The number of urea groups is 1. The number of aromatic nitrogens is 2. The van der Waals surface area contributed by atoms with Gasteiger partial charge in [0.2, 0.25) is 0 Å². The number of likely N-dealkylation sites (tertiary alicyclic amines) is 2. The summed E-state index contributed by atoms with van der Waals surface area (Å²) in [7, 11) is 0. The molecular formula is C21H29N5O. The lowest BCUT2D eigenvalue weighted by Gasteiger charge is -2.39. The first-order chi connectivity index (χ1) is 13.1. The number of hydrogen-bond acceptors (Lipinski definition) is 3. The van der Waals surface area contributed by atoms with Gasteiger partial charge in [-0.2, -0.15) is 5.10 Å². The largest absolute Gasteiger partial charge is 0.337 e. The zero-order valence-electron chi connectivity index (χ0n) is 16.3. The number of carbonyl (C=O) groups is 1. The zero-order chi connectivity index (χ0) is 18.8. The molecule has 0 bridgehead atoms. The van der Waals surface area contributed by atoms with Crippen LogP contribution in [0.3, 0.4) is 0 Å². The molecular weight excluding hydrogens is 338 g/mol. The van der Waals surface area contributed by atoms with Gasteiger partial charge < -0.3 is 15.1 Å². The second kappa shape index (κ2) is 7.72. The number of amides is 2. The van der Waals surface area contributed by atoms with Crippen LogP contribution in [0.4, 0.5) is 4.79 Å². The van der Waals surface area contributed by atoms with Gasteiger partial charge in [0.05, 0.1) is 11.7 Å². The molecule has 1 atom stereocenters. The molecule has 2 fully saturated rings. The van der Waals surface area contributed by atoms with Gasteiger partial charge in [-0.05, 0) is 44.4 Å². The number of nitrogens with one attached hydrogen (secondary N) is 1. The summed E-state index contributed by atoms with van der Waals surface area (Å²) in [6.07, 6.45) is 1.20. The maximum Gasteiger partial charge on any atom is 0.317 e. The smallest absolute Gasteiger partial charge is 0.317 e. The molecule has 6 nitrogen and oxygen atoms in total. The maximum atomic E-state index is 12.3. The van der Waals surface area contributed by atoms with Gasteiger partial charge in [0, 0.05) is 38.4 Å². The highest BCUT2D eigenvalue weighted by molar-refractivity contribution is 5.75. The normalized spacial score (nSPS) is 20.7. The van der Waals surface area contributed by atoms with E-state index in [-0.39, 0.29) is 6.03 Å². The van der Waals surface area contributed by atoms with Gasteiger partial charge in [-0.3, -0.25) is 4.68 Å². The lowest BCUT2D eigenvalue weighted by atomic mass is 9.99. The van der Waals surface area contributed by atoms with Gasteiger partial charge in [0.1, 0.15) is 0 Å². The van der Waals surface area contributed by atoms with Crippen molar-refractivity contribution in [3.63, 3.8) is 0 Å². The topological polar surface area (TPSA) is 53.4 Å². The summed E-state index contributed by atoms with van der Waals surface area (Å²) in [6, 6.07) is 13.2. The van der Waals surface area contributed by atoms with Crippen molar-refractivity contribution in [3.8, 4) is 0 Å². The van der Waals surface area contributed by atoms with Gasteiger partial charge in [-0.15, -0.1) is 0 Å². The minimum atomic E-state index is 0.0478. The fraction of sp³-hybridized carbons (Fsp3) is 0.524. The fourth-order valence-corrected chi connectivity index (χ4v) is 4.26. The van der Waals surface area contributed by atoms with Crippen LogP contribution in [-0.4, -0.2) is 64.9 Å². The van der Waals surface area contributed by atoms with Crippen molar-refractivity contribution >= 4 is 6.03 Å². The Labute approximate surface area is 161 Å². The average molecular weight is 367 g/mol. The number of benzene rings is 1. The Kier molecular flexibility index (Phi) is 5.16. The van der Waals surface area contributed by atoms with Crippen molar-refractivity contribution in [2.24, 2.45) is 0 Å². The molecule has 1 aromatic carbocycles. The quantitative estimate of drug-likeness (QED) is 0.884.